The topological polar surface area (TPSA) is 56.1 Å². The first kappa shape index (κ1) is 14.1. The van der Waals surface area contributed by atoms with E-state index in [0.717, 1.165) is 32.4 Å². The normalized spacial score (nSPS) is 28.6. The Balaban J connectivity index is 1.65. The first-order valence-corrected chi connectivity index (χ1v) is 7.69. The highest BCUT2D eigenvalue weighted by molar-refractivity contribution is 5.83. The van der Waals surface area contributed by atoms with Crippen molar-refractivity contribution in [2.45, 2.75) is 44.2 Å². The van der Waals surface area contributed by atoms with Gasteiger partial charge < -0.3 is 10.2 Å². The number of hydrogen-bond donors (Lipinski definition) is 1. The smallest absolute Gasteiger partial charge is 0.240 e. The number of aryl methyl sites for hydroxylation is 1. The molecule has 3 atom stereocenters. The summed E-state index contributed by atoms with van der Waals surface area (Å²) in [5, 5.41) is 12.5. The van der Waals surface area contributed by atoms with Crippen molar-refractivity contribution in [2.24, 2.45) is 0 Å². The van der Waals surface area contributed by atoms with Crippen molar-refractivity contribution >= 4 is 5.91 Å². The minimum absolute atomic E-state index is 0.105. The fraction of sp³-hybridized carbons (Fsp3) is 0.529. The number of nitrogens with zero attached hydrogens (tertiary/aromatic N) is 2. The molecule has 2 aliphatic rings. The summed E-state index contributed by atoms with van der Waals surface area (Å²) >= 11 is 0. The van der Waals surface area contributed by atoms with Crippen molar-refractivity contribution in [1.82, 2.24) is 10.2 Å². The molecule has 0 aromatic heterocycles. The Labute approximate surface area is 125 Å². The zero-order valence-corrected chi connectivity index (χ0v) is 12.4. The van der Waals surface area contributed by atoms with E-state index < -0.39 is 0 Å². The number of amides is 1. The Hall–Kier alpha value is -1.86. The van der Waals surface area contributed by atoms with Crippen molar-refractivity contribution in [3.8, 4) is 6.07 Å². The van der Waals surface area contributed by atoms with E-state index in [2.05, 4.69) is 42.6 Å². The van der Waals surface area contributed by atoms with Gasteiger partial charge in [-0.05, 0) is 37.7 Å². The van der Waals surface area contributed by atoms with Crippen LogP contribution in [0.2, 0.25) is 0 Å². The second-order valence-corrected chi connectivity index (χ2v) is 6.12. The van der Waals surface area contributed by atoms with Crippen LogP contribution in [-0.4, -0.2) is 36.0 Å². The van der Waals surface area contributed by atoms with Gasteiger partial charge in [0.1, 0.15) is 6.04 Å². The standard InChI is InChI=1S/C17H21N3O/c1-12-4-6-13(7-5-12)14-9-16(19-11-14)17(21)20-8-2-3-15(20)10-18/h4-7,14-16,19H,2-3,8-9,11H2,1H3/t14-,15-,16-/m0/s1. The molecule has 4 heteroatoms. The lowest BCUT2D eigenvalue weighted by Crippen LogP contribution is -2.45. The molecule has 1 N–H and O–H groups in total. The Morgan fingerprint density at radius 2 is 2.14 bits per heavy atom. The highest BCUT2D eigenvalue weighted by Crippen LogP contribution is 2.28. The molecule has 1 amide bonds. The van der Waals surface area contributed by atoms with Gasteiger partial charge in [0.25, 0.3) is 0 Å². The van der Waals surface area contributed by atoms with E-state index in [1.165, 1.54) is 11.1 Å². The number of carbonyl (C=O) groups is 1. The van der Waals surface area contributed by atoms with E-state index >= 15 is 0 Å². The molecule has 1 aromatic rings. The molecule has 2 aliphatic heterocycles. The average Bonchev–Trinajstić information content (AvgIpc) is 3.16. The van der Waals surface area contributed by atoms with Crippen LogP contribution < -0.4 is 5.32 Å². The molecule has 2 heterocycles. The van der Waals surface area contributed by atoms with E-state index in [1.807, 2.05) is 0 Å². The monoisotopic (exact) mass is 283 g/mol. The van der Waals surface area contributed by atoms with Gasteiger partial charge in [0, 0.05) is 13.1 Å². The molecule has 0 bridgehead atoms. The molecule has 0 radical (unpaired) electrons. The molecule has 0 saturated carbocycles. The Morgan fingerprint density at radius 1 is 1.38 bits per heavy atom. The maximum atomic E-state index is 12.6. The number of likely N-dealkylation sites (tertiary alicyclic amines) is 1. The first-order valence-electron chi connectivity index (χ1n) is 7.69. The second-order valence-electron chi connectivity index (χ2n) is 6.12. The molecule has 21 heavy (non-hydrogen) atoms. The third-order valence-electron chi connectivity index (χ3n) is 4.66. The number of hydrogen-bond acceptors (Lipinski definition) is 3. The zero-order chi connectivity index (χ0) is 14.8. The summed E-state index contributed by atoms with van der Waals surface area (Å²) in [5.41, 5.74) is 2.55. The summed E-state index contributed by atoms with van der Waals surface area (Å²) in [4.78, 5) is 14.3. The van der Waals surface area contributed by atoms with Crippen molar-refractivity contribution in [3.05, 3.63) is 35.4 Å². The van der Waals surface area contributed by atoms with Gasteiger partial charge in [-0.1, -0.05) is 29.8 Å². The maximum absolute atomic E-state index is 12.6. The fourth-order valence-corrected chi connectivity index (χ4v) is 3.38. The van der Waals surface area contributed by atoms with E-state index in [9.17, 15) is 4.79 Å². The van der Waals surface area contributed by atoms with Crippen molar-refractivity contribution in [3.63, 3.8) is 0 Å². The van der Waals surface area contributed by atoms with Crippen LogP contribution in [0.5, 0.6) is 0 Å². The summed E-state index contributed by atoms with van der Waals surface area (Å²) in [6, 6.07) is 10.4. The van der Waals surface area contributed by atoms with Gasteiger partial charge in [-0.2, -0.15) is 5.26 Å². The Morgan fingerprint density at radius 3 is 2.86 bits per heavy atom. The molecule has 0 spiro atoms. The van der Waals surface area contributed by atoms with Gasteiger partial charge in [-0.25, -0.2) is 0 Å². The number of nitriles is 1. The van der Waals surface area contributed by atoms with Gasteiger partial charge in [-0.3, -0.25) is 4.79 Å². The average molecular weight is 283 g/mol. The van der Waals surface area contributed by atoms with Crippen LogP contribution in [0.25, 0.3) is 0 Å². The van der Waals surface area contributed by atoms with E-state index in [-0.39, 0.29) is 18.0 Å². The molecule has 0 aliphatic carbocycles. The lowest BCUT2D eigenvalue weighted by molar-refractivity contribution is -0.133. The van der Waals surface area contributed by atoms with Crippen LogP contribution in [0.3, 0.4) is 0 Å². The predicted octanol–water partition coefficient (Wildman–Crippen LogP) is 1.96. The molecule has 3 rings (SSSR count). The number of benzene rings is 1. The molecule has 0 unspecified atom stereocenters. The van der Waals surface area contributed by atoms with Gasteiger partial charge in [0.2, 0.25) is 5.91 Å². The molecule has 110 valence electrons. The fourth-order valence-electron chi connectivity index (χ4n) is 3.38. The number of nitrogens with one attached hydrogen (secondary N) is 1. The number of carbonyl (C=O) groups excluding carboxylic acids is 1. The van der Waals surface area contributed by atoms with Gasteiger partial charge in [-0.15, -0.1) is 0 Å². The lowest BCUT2D eigenvalue weighted by Gasteiger charge is -2.23. The van der Waals surface area contributed by atoms with E-state index in [1.54, 1.807) is 4.90 Å². The van der Waals surface area contributed by atoms with Crippen molar-refractivity contribution < 1.29 is 4.79 Å². The van der Waals surface area contributed by atoms with Crippen molar-refractivity contribution in [1.29, 1.82) is 5.26 Å². The Bertz CT molecular complexity index is 560. The highest BCUT2D eigenvalue weighted by Gasteiger charge is 2.37. The lowest BCUT2D eigenvalue weighted by atomic mass is 9.95. The molecule has 2 fully saturated rings. The van der Waals surface area contributed by atoms with Crippen LogP contribution >= 0.6 is 0 Å². The summed E-state index contributed by atoms with van der Waals surface area (Å²) in [5.74, 6) is 0.497. The predicted molar refractivity (Wildman–Crippen MR) is 80.7 cm³/mol. The third kappa shape index (κ3) is 2.79. The summed E-state index contributed by atoms with van der Waals surface area (Å²) in [6.07, 6.45) is 2.59. The second kappa shape index (κ2) is 5.87. The van der Waals surface area contributed by atoms with E-state index in [4.69, 9.17) is 5.26 Å². The van der Waals surface area contributed by atoms with Crippen LogP contribution in [0.15, 0.2) is 24.3 Å². The van der Waals surface area contributed by atoms with Crippen LogP contribution in [0, 0.1) is 18.3 Å². The SMILES string of the molecule is Cc1ccc([C@@H]2CN[C@H](C(=O)N3CCC[C@H]3C#N)C2)cc1. The third-order valence-corrected chi connectivity index (χ3v) is 4.66. The van der Waals surface area contributed by atoms with E-state index in [0.29, 0.717) is 5.92 Å². The zero-order valence-electron chi connectivity index (χ0n) is 12.4. The quantitative estimate of drug-likeness (QED) is 0.902. The summed E-state index contributed by atoms with van der Waals surface area (Å²) in [7, 11) is 0. The molecule has 1 aromatic carbocycles. The summed E-state index contributed by atoms with van der Waals surface area (Å²) < 4.78 is 0. The molecule has 4 nitrogen and oxygen atoms in total. The van der Waals surface area contributed by atoms with Gasteiger partial charge in [0.05, 0.1) is 12.1 Å². The molecule has 2 saturated heterocycles. The Kier molecular flexibility index (Phi) is 3.94. The largest absolute Gasteiger partial charge is 0.325 e. The minimum atomic E-state index is -0.224. The summed E-state index contributed by atoms with van der Waals surface area (Å²) in [6.45, 7) is 3.65. The van der Waals surface area contributed by atoms with Crippen LogP contribution in [0.4, 0.5) is 0 Å². The maximum Gasteiger partial charge on any atom is 0.240 e. The van der Waals surface area contributed by atoms with Crippen molar-refractivity contribution in [2.75, 3.05) is 13.1 Å². The first-order chi connectivity index (χ1) is 10.2. The van der Waals surface area contributed by atoms with Crippen LogP contribution in [-0.2, 0) is 4.79 Å². The molecular weight excluding hydrogens is 262 g/mol. The van der Waals surface area contributed by atoms with Gasteiger partial charge in [0.15, 0.2) is 0 Å². The van der Waals surface area contributed by atoms with Gasteiger partial charge >= 0.3 is 0 Å². The number of rotatable bonds is 2. The minimum Gasteiger partial charge on any atom is -0.325 e. The highest BCUT2D eigenvalue weighted by atomic mass is 16.2. The van der Waals surface area contributed by atoms with Crippen LogP contribution in [0.1, 0.15) is 36.3 Å². The molecular formula is C17H21N3O.